The van der Waals surface area contributed by atoms with E-state index < -0.39 is 17.8 Å². The molecule has 1 aromatic carbocycles. The van der Waals surface area contributed by atoms with E-state index in [1.165, 1.54) is 41.3 Å². The second kappa shape index (κ2) is 9.98. The summed E-state index contributed by atoms with van der Waals surface area (Å²) in [5.41, 5.74) is 0.899. The topological polar surface area (TPSA) is 42.2 Å². The molecule has 0 saturated heterocycles. The van der Waals surface area contributed by atoms with E-state index in [4.69, 9.17) is 0 Å². The molecule has 0 radical (unpaired) electrons. The van der Waals surface area contributed by atoms with E-state index in [0.717, 1.165) is 43.4 Å². The van der Waals surface area contributed by atoms with Gasteiger partial charge in [-0.2, -0.15) is 13.2 Å². The molecule has 0 aliphatic carbocycles. The zero-order valence-corrected chi connectivity index (χ0v) is 18.5. The number of aromatic nitrogens is 1. The molecule has 1 aliphatic heterocycles. The van der Waals surface area contributed by atoms with Crippen molar-refractivity contribution in [3.05, 3.63) is 64.2 Å². The number of hydrogen-bond acceptors (Lipinski definition) is 3. The van der Waals surface area contributed by atoms with Crippen LogP contribution in [-0.4, -0.2) is 15.4 Å². The van der Waals surface area contributed by atoms with Crippen LogP contribution < -0.4 is 5.56 Å². The Morgan fingerprint density at radius 1 is 1.19 bits per heavy atom. The van der Waals surface area contributed by atoms with Gasteiger partial charge in [0.2, 0.25) is 0 Å². The summed E-state index contributed by atoms with van der Waals surface area (Å²) in [4.78, 5) is 12.8. The Balaban J connectivity index is 2.03. The quantitative estimate of drug-likeness (QED) is 0.325. The number of halogens is 3. The third-order valence-corrected chi connectivity index (χ3v) is 6.80. The number of benzene rings is 1. The van der Waals surface area contributed by atoms with Crippen molar-refractivity contribution in [3.8, 4) is 11.1 Å². The Hall–Kier alpha value is -2.15. The first-order chi connectivity index (χ1) is 14.7. The van der Waals surface area contributed by atoms with E-state index in [1.54, 1.807) is 6.07 Å². The SMILES string of the molecule is C=C(O)[C@@H]1CSc2c(-c3cccc(C(F)(F)F)c3)c(CCCCCCCC)cc(=O)n21. The van der Waals surface area contributed by atoms with Gasteiger partial charge in [0.15, 0.2) is 0 Å². The van der Waals surface area contributed by atoms with Gasteiger partial charge in [0, 0.05) is 17.4 Å². The number of aliphatic hydroxyl groups is 1. The summed E-state index contributed by atoms with van der Waals surface area (Å²) in [7, 11) is 0. The molecule has 31 heavy (non-hydrogen) atoms. The summed E-state index contributed by atoms with van der Waals surface area (Å²) in [5.74, 6) is 0.309. The highest BCUT2D eigenvalue weighted by molar-refractivity contribution is 7.99. The lowest BCUT2D eigenvalue weighted by Gasteiger charge is -2.18. The first-order valence-corrected chi connectivity index (χ1v) is 11.7. The average molecular weight is 452 g/mol. The van der Waals surface area contributed by atoms with Crippen LogP contribution in [0.15, 0.2) is 52.5 Å². The molecule has 0 fully saturated rings. The number of rotatable bonds is 9. The van der Waals surface area contributed by atoms with Crippen molar-refractivity contribution in [1.29, 1.82) is 0 Å². The maximum atomic E-state index is 13.3. The Morgan fingerprint density at radius 3 is 2.58 bits per heavy atom. The summed E-state index contributed by atoms with van der Waals surface area (Å²) < 4.78 is 41.5. The smallest absolute Gasteiger partial charge is 0.416 e. The van der Waals surface area contributed by atoms with Crippen LogP contribution in [0.3, 0.4) is 0 Å². The standard InChI is InChI=1S/C24H28F3NO2S/c1-3-4-5-6-7-8-10-18-14-21(30)28-20(16(2)29)15-31-23(28)22(18)17-11-9-12-19(13-17)24(25,26)27/h9,11-14,20,29H,2-8,10,15H2,1H3/t20-/m0/s1. The van der Waals surface area contributed by atoms with Crippen LogP contribution in [0, 0.1) is 0 Å². The summed E-state index contributed by atoms with van der Waals surface area (Å²) in [6, 6.07) is 6.21. The molecule has 0 spiro atoms. The molecule has 0 bridgehead atoms. The minimum Gasteiger partial charge on any atom is -0.511 e. The number of fused-ring (bicyclic) bond motifs is 1. The molecule has 0 unspecified atom stereocenters. The van der Waals surface area contributed by atoms with Crippen molar-refractivity contribution in [2.24, 2.45) is 0 Å². The zero-order chi connectivity index (χ0) is 22.6. The van der Waals surface area contributed by atoms with Crippen LogP contribution in [0.5, 0.6) is 0 Å². The van der Waals surface area contributed by atoms with Crippen LogP contribution in [0.2, 0.25) is 0 Å². The van der Waals surface area contributed by atoms with Crippen LogP contribution >= 0.6 is 11.8 Å². The highest BCUT2D eigenvalue weighted by Crippen LogP contribution is 2.43. The number of aliphatic hydroxyl groups excluding tert-OH is 1. The van der Waals surface area contributed by atoms with E-state index in [0.29, 0.717) is 28.3 Å². The molecule has 0 amide bonds. The van der Waals surface area contributed by atoms with Crippen LogP contribution in [0.25, 0.3) is 11.1 Å². The van der Waals surface area contributed by atoms with E-state index in [1.807, 2.05) is 0 Å². The molecule has 3 rings (SSSR count). The van der Waals surface area contributed by atoms with Crippen molar-refractivity contribution in [3.63, 3.8) is 0 Å². The number of alkyl halides is 3. The van der Waals surface area contributed by atoms with E-state index >= 15 is 0 Å². The molecule has 168 valence electrons. The first-order valence-electron chi connectivity index (χ1n) is 10.7. The third kappa shape index (κ3) is 5.37. The highest BCUT2D eigenvalue weighted by Gasteiger charge is 2.33. The summed E-state index contributed by atoms with van der Waals surface area (Å²) in [6.45, 7) is 5.73. The Morgan fingerprint density at radius 2 is 1.90 bits per heavy atom. The monoisotopic (exact) mass is 451 g/mol. The van der Waals surface area contributed by atoms with Crippen molar-refractivity contribution >= 4 is 11.8 Å². The van der Waals surface area contributed by atoms with Gasteiger partial charge < -0.3 is 5.11 Å². The number of thioether (sulfide) groups is 1. The van der Waals surface area contributed by atoms with Gasteiger partial charge in [-0.25, -0.2) is 0 Å². The number of hydrogen-bond donors (Lipinski definition) is 1. The molecular weight excluding hydrogens is 423 g/mol. The maximum Gasteiger partial charge on any atom is 0.416 e. The average Bonchev–Trinajstić information content (AvgIpc) is 3.16. The Bertz CT molecular complexity index is 997. The molecule has 1 atom stereocenters. The van der Waals surface area contributed by atoms with E-state index in [2.05, 4.69) is 13.5 Å². The zero-order valence-electron chi connectivity index (χ0n) is 17.7. The molecule has 2 aromatic rings. The van der Waals surface area contributed by atoms with Crippen molar-refractivity contribution in [1.82, 2.24) is 4.57 Å². The third-order valence-electron chi connectivity index (χ3n) is 5.64. The van der Waals surface area contributed by atoms with Gasteiger partial charge >= 0.3 is 6.18 Å². The number of nitrogens with zero attached hydrogens (tertiary/aromatic N) is 1. The van der Waals surface area contributed by atoms with Gasteiger partial charge in [0.05, 0.1) is 10.6 Å². The largest absolute Gasteiger partial charge is 0.511 e. The lowest BCUT2D eigenvalue weighted by molar-refractivity contribution is -0.137. The van der Waals surface area contributed by atoms with Crippen molar-refractivity contribution in [2.75, 3.05) is 5.75 Å². The lowest BCUT2D eigenvalue weighted by Crippen LogP contribution is -2.25. The predicted molar refractivity (Wildman–Crippen MR) is 120 cm³/mol. The fourth-order valence-electron chi connectivity index (χ4n) is 4.02. The van der Waals surface area contributed by atoms with Crippen molar-refractivity contribution < 1.29 is 18.3 Å². The lowest BCUT2D eigenvalue weighted by atomic mass is 9.95. The van der Waals surface area contributed by atoms with Crippen LogP contribution in [0.4, 0.5) is 13.2 Å². The number of pyridine rings is 1. The number of allylic oxidation sites excluding steroid dienone is 1. The van der Waals surface area contributed by atoms with Gasteiger partial charge in [-0.05, 0) is 36.1 Å². The Kier molecular flexibility index (Phi) is 7.57. The summed E-state index contributed by atoms with van der Waals surface area (Å²) in [5, 5.41) is 10.5. The normalized spacial score (nSPS) is 15.8. The van der Waals surface area contributed by atoms with Crippen LogP contribution in [0.1, 0.15) is 62.6 Å². The molecule has 3 nitrogen and oxygen atoms in total. The predicted octanol–water partition coefficient (Wildman–Crippen LogP) is 7.16. The molecular formula is C24H28F3NO2S. The molecule has 1 aliphatic rings. The van der Waals surface area contributed by atoms with Gasteiger partial charge in [-0.15, -0.1) is 11.8 Å². The molecule has 1 aromatic heterocycles. The second-order valence-corrected chi connectivity index (χ2v) is 8.98. The van der Waals surface area contributed by atoms with Gasteiger partial charge in [0.1, 0.15) is 11.8 Å². The minimum absolute atomic E-state index is 0.119. The second-order valence-electron chi connectivity index (χ2n) is 7.97. The maximum absolute atomic E-state index is 13.3. The van der Waals surface area contributed by atoms with Gasteiger partial charge in [0.25, 0.3) is 5.56 Å². The highest BCUT2D eigenvalue weighted by atomic mass is 32.2. The van der Waals surface area contributed by atoms with Gasteiger partial charge in [-0.3, -0.25) is 9.36 Å². The summed E-state index contributed by atoms with van der Waals surface area (Å²) in [6.07, 6.45) is 2.71. The molecule has 0 saturated carbocycles. The molecule has 1 N–H and O–H groups in total. The minimum atomic E-state index is -4.45. The van der Waals surface area contributed by atoms with E-state index in [9.17, 15) is 23.1 Å². The van der Waals surface area contributed by atoms with Crippen LogP contribution in [-0.2, 0) is 12.6 Å². The fourth-order valence-corrected chi connectivity index (χ4v) is 5.42. The van der Waals surface area contributed by atoms with E-state index in [-0.39, 0.29) is 11.3 Å². The first kappa shape index (κ1) is 23.5. The molecule has 7 heteroatoms. The fraction of sp³-hybridized carbons (Fsp3) is 0.458. The van der Waals surface area contributed by atoms with Gasteiger partial charge in [-0.1, -0.05) is 57.7 Å². The number of unbranched alkanes of at least 4 members (excludes halogenated alkanes) is 5. The Labute approximate surface area is 185 Å². The molecule has 2 heterocycles. The van der Waals surface area contributed by atoms with Crippen molar-refractivity contribution in [2.45, 2.75) is 69.1 Å². The number of aryl methyl sites for hydroxylation is 1. The summed E-state index contributed by atoms with van der Waals surface area (Å²) >= 11 is 1.38.